The Hall–Kier alpha value is -2.86. The number of thioether (sulfide) groups is 2. The molecular formula is C26H26Cl2N4O5S2. The summed E-state index contributed by atoms with van der Waals surface area (Å²) in [5, 5.41) is 7.90. The molecule has 1 saturated heterocycles. The Morgan fingerprint density at radius 2 is 1.79 bits per heavy atom. The lowest BCUT2D eigenvalue weighted by Crippen LogP contribution is -2.71. The van der Waals surface area contributed by atoms with E-state index in [0.717, 1.165) is 0 Å². The number of esters is 1. The molecule has 2 aliphatic rings. The van der Waals surface area contributed by atoms with Crippen molar-refractivity contribution in [2.75, 3.05) is 11.1 Å². The van der Waals surface area contributed by atoms with Crippen LogP contribution in [0.15, 0.2) is 65.2 Å². The Morgan fingerprint density at radius 3 is 2.49 bits per heavy atom. The zero-order chi connectivity index (χ0) is 28.3. The van der Waals surface area contributed by atoms with Gasteiger partial charge in [-0.25, -0.2) is 9.59 Å². The maximum atomic E-state index is 13.1. The molecule has 9 nitrogen and oxygen atoms in total. The van der Waals surface area contributed by atoms with E-state index >= 15 is 0 Å². The standard InChI is InChI=1S/C26H26Cl2N4O5S2/c1-26(2,3)37-24(35)17-12-20(31-25(36)29-15-7-5-4-6-8-15)39-23-21(22(34)32(17)23)30-19(33)13-38-18-11-14(27)9-10-16(18)28/h4-12,20-21,23H,13H2,1-3H3,(H,30,33)(H2,29,31,36)/t20?,21?,23-/m1/s1. The minimum atomic E-state index is -0.898. The Morgan fingerprint density at radius 1 is 1.08 bits per heavy atom. The summed E-state index contributed by atoms with van der Waals surface area (Å²) in [5.41, 5.74) is -0.198. The molecule has 1 fully saturated rings. The fraction of sp³-hybridized carbons (Fsp3) is 0.308. The third kappa shape index (κ3) is 7.42. The Balaban J connectivity index is 1.45. The molecule has 0 aromatic heterocycles. The summed E-state index contributed by atoms with van der Waals surface area (Å²) in [6.45, 7) is 5.15. The number of para-hydroxylation sites is 1. The van der Waals surface area contributed by atoms with Crippen LogP contribution in [0, 0.1) is 0 Å². The predicted octanol–water partition coefficient (Wildman–Crippen LogP) is 4.86. The Labute approximate surface area is 244 Å². The van der Waals surface area contributed by atoms with E-state index in [0.29, 0.717) is 20.6 Å². The van der Waals surface area contributed by atoms with Crippen LogP contribution in [0.5, 0.6) is 0 Å². The molecule has 39 heavy (non-hydrogen) atoms. The van der Waals surface area contributed by atoms with Crippen LogP contribution in [0.1, 0.15) is 20.8 Å². The lowest BCUT2D eigenvalue weighted by molar-refractivity contribution is -0.158. The molecular weight excluding hydrogens is 583 g/mol. The topological polar surface area (TPSA) is 117 Å². The van der Waals surface area contributed by atoms with Crippen molar-refractivity contribution in [1.29, 1.82) is 0 Å². The van der Waals surface area contributed by atoms with Gasteiger partial charge in [0, 0.05) is 15.6 Å². The molecule has 206 valence electrons. The fourth-order valence-corrected chi connectivity index (χ4v) is 6.41. The number of ether oxygens (including phenoxy) is 1. The van der Waals surface area contributed by atoms with E-state index in [9.17, 15) is 19.2 Å². The van der Waals surface area contributed by atoms with Gasteiger partial charge in [-0.3, -0.25) is 14.5 Å². The first kappa shape index (κ1) is 29.1. The van der Waals surface area contributed by atoms with Gasteiger partial charge in [-0.15, -0.1) is 23.5 Å². The number of hydrogen-bond acceptors (Lipinski definition) is 7. The SMILES string of the molecule is CC(C)(C)OC(=O)C1=CC(NC(=O)Nc2ccccc2)S[C@@H]2C(NC(=O)CSc3cc(Cl)ccc3Cl)C(=O)N12. The highest BCUT2D eigenvalue weighted by molar-refractivity contribution is 8.01. The molecule has 0 bridgehead atoms. The Kier molecular flexibility index (Phi) is 9.05. The average Bonchev–Trinajstić information content (AvgIpc) is 2.86. The molecule has 0 aliphatic carbocycles. The summed E-state index contributed by atoms with van der Waals surface area (Å²) in [4.78, 5) is 53.3. The minimum Gasteiger partial charge on any atom is -0.455 e. The quantitative estimate of drug-likeness (QED) is 0.233. The van der Waals surface area contributed by atoms with Gasteiger partial charge >= 0.3 is 12.0 Å². The number of halogens is 2. The maximum absolute atomic E-state index is 13.1. The van der Waals surface area contributed by atoms with E-state index in [2.05, 4.69) is 16.0 Å². The van der Waals surface area contributed by atoms with Crippen molar-refractivity contribution < 1.29 is 23.9 Å². The van der Waals surface area contributed by atoms with Crippen LogP contribution in [-0.4, -0.2) is 56.9 Å². The van der Waals surface area contributed by atoms with Crippen molar-refractivity contribution in [1.82, 2.24) is 15.5 Å². The molecule has 4 rings (SSSR count). The van der Waals surface area contributed by atoms with Crippen LogP contribution >= 0.6 is 46.7 Å². The normalized spacial score (nSPS) is 20.2. The highest BCUT2D eigenvalue weighted by atomic mass is 35.5. The highest BCUT2D eigenvalue weighted by Crippen LogP contribution is 2.41. The third-order valence-corrected chi connectivity index (χ3v) is 8.42. The van der Waals surface area contributed by atoms with Crippen LogP contribution in [0.3, 0.4) is 0 Å². The van der Waals surface area contributed by atoms with Gasteiger partial charge in [0.05, 0.1) is 16.1 Å². The highest BCUT2D eigenvalue weighted by Gasteiger charge is 2.55. The van der Waals surface area contributed by atoms with Gasteiger partial charge < -0.3 is 20.7 Å². The molecule has 13 heteroatoms. The molecule has 0 spiro atoms. The molecule has 2 unspecified atom stereocenters. The number of urea groups is 1. The van der Waals surface area contributed by atoms with Gasteiger partial charge in [-0.1, -0.05) is 41.4 Å². The lowest BCUT2D eigenvalue weighted by Gasteiger charge is -2.50. The van der Waals surface area contributed by atoms with E-state index in [4.69, 9.17) is 27.9 Å². The molecule has 0 radical (unpaired) electrons. The number of amides is 4. The van der Waals surface area contributed by atoms with Crippen molar-refractivity contribution in [2.24, 2.45) is 0 Å². The summed E-state index contributed by atoms with van der Waals surface area (Å²) in [5.74, 6) is -1.55. The number of hydrogen-bond donors (Lipinski definition) is 3. The van der Waals surface area contributed by atoms with Crippen molar-refractivity contribution in [2.45, 2.75) is 48.1 Å². The van der Waals surface area contributed by atoms with E-state index in [1.807, 2.05) is 6.07 Å². The van der Waals surface area contributed by atoms with E-state index in [1.165, 1.54) is 34.5 Å². The fourth-order valence-electron chi connectivity index (χ4n) is 3.74. The first-order valence-electron chi connectivity index (χ1n) is 11.8. The summed E-state index contributed by atoms with van der Waals surface area (Å²) < 4.78 is 5.50. The van der Waals surface area contributed by atoms with Gasteiger partial charge in [0.2, 0.25) is 5.91 Å². The summed E-state index contributed by atoms with van der Waals surface area (Å²) in [6.07, 6.45) is 1.48. The van der Waals surface area contributed by atoms with Crippen LogP contribution in [0.25, 0.3) is 0 Å². The second kappa shape index (κ2) is 12.1. The van der Waals surface area contributed by atoms with Gasteiger partial charge in [0.1, 0.15) is 22.7 Å². The molecule has 3 atom stereocenters. The van der Waals surface area contributed by atoms with Crippen LogP contribution in [0.2, 0.25) is 10.0 Å². The minimum absolute atomic E-state index is 0.00283. The van der Waals surface area contributed by atoms with Crippen molar-refractivity contribution in [3.63, 3.8) is 0 Å². The van der Waals surface area contributed by atoms with E-state index in [1.54, 1.807) is 63.2 Å². The van der Waals surface area contributed by atoms with Crippen LogP contribution in [-0.2, 0) is 19.1 Å². The number of β-lactam (4-membered cyclic amide) rings is 1. The van der Waals surface area contributed by atoms with Crippen LogP contribution in [0.4, 0.5) is 10.5 Å². The second-order valence-electron chi connectivity index (χ2n) is 9.58. The Bertz CT molecular complexity index is 1320. The molecule has 2 aromatic rings. The van der Waals surface area contributed by atoms with Gasteiger partial charge in [-0.2, -0.15) is 0 Å². The first-order chi connectivity index (χ1) is 18.4. The summed E-state index contributed by atoms with van der Waals surface area (Å²) in [7, 11) is 0. The monoisotopic (exact) mass is 608 g/mol. The van der Waals surface area contributed by atoms with Crippen molar-refractivity contribution in [3.05, 3.63) is 70.3 Å². The number of nitrogens with one attached hydrogen (secondary N) is 3. The number of benzene rings is 2. The van der Waals surface area contributed by atoms with Gasteiger partial charge in [-0.05, 0) is 57.2 Å². The smallest absolute Gasteiger partial charge is 0.355 e. The second-order valence-corrected chi connectivity index (χ2v) is 12.7. The first-order valence-corrected chi connectivity index (χ1v) is 14.5. The molecule has 0 saturated carbocycles. The van der Waals surface area contributed by atoms with Crippen molar-refractivity contribution in [3.8, 4) is 0 Å². The summed E-state index contributed by atoms with van der Waals surface area (Å²) >= 11 is 14.6. The molecule has 2 heterocycles. The third-order valence-electron chi connectivity index (χ3n) is 5.38. The molecule has 2 aliphatic heterocycles. The number of rotatable bonds is 7. The van der Waals surface area contributed by atoms with Gasteiger partial charge in [0.15, 0.2) is 0 Å². The summed E-state index contributed by atoms with van der Waals surface area (Å²) in [6, 6.07) is 12.4. The number of carbonyl (C=O) groups excluding carboxylic acids is 4. The van der Waals surface area contributed by atoms with Crippen molar-refractivity contribution >= 4 is 76.2 Å². The molecule has 4 amide bonds. The van der Waals surface area contributed by atoms with E-state index < -0.39 is 46.2 Å². The number of nitrogens with zero attached hydrogens (tertiary/aromatic N) is 1. The van der Waals surface area contributed by atoms with Crippen LogP contribution < -0.4 is 16.0 Å². The van der Waals surface area contributed by atoms with Gasteiger partial charge in [0.25, 0.3) is 5.91 Å². The largest absolute Gasteiger partial charge is 0.455 e. The average molecular weight is 610 g/mol. The zero-order valence-electron chi connectivity index (χ0n) is 21.2. The predicted molar refractivity (Wildman–Crippen MR) is 154 cm³/mol. The number of anilines is 1. The number of fused-ring (bicyclic) bond motifs is 1. The zero-order valence-corrected chi connectivity index (χ0v) is 24.3. The lowest BCUT2D eigenvalue weighted by atomic mass is 10.0. The molecule has 3 N–H and O–H groups in total. The van der Waals surface area contributed by atoms with E-state index in [-0.39, 0.29) is 11.4 Å². The number of carbonyl (C=O) groups is 4. The maximum Gasteiger partial charge on any atom is 0.355 e. The molecule has 2 aromatic carbocycles.